The van der Waals surface area contributed by atoms with Gasteiger partial charge in [-0.05, 0) is 25.3 Å². The zero-order valence-corrected chi connectivity index (χ0v) is 6.70. The third-order valence-corrected chi connectivity index (χ3v) is 1.22. The average Bonchev–Trinajstić information content (AvgIpc) is 2.03. The number of aldehydes is 1. The van der Waals surface area contributed by atoms with Gasteiger partial charge in [-0.25, -0.2) is 0 Å². The van der Waals surface area contributed by atoms with E-state index in [9.17, 15) is 4.79 Å². The summed E-state index contributed by atoms with van der Waals surface area (Å²) in [7, 11) is 0. The maximum atomic E-state index is 9.81. The van der Waals surface area contributed by atoms with Crippen molar-refractivity contribution in [3.05, 3.63) is 37.0 Å². The highest BCUT2D eigenvalue weighted by Crippen LogP contribution is 1.96. The Morgan fingerprint density at radius 2 is 1.91 bits per heavy atom. The van der Waals surface area contributed by atoms with E-state index in [2.05, 4.69) is 6.58 Å². The van der Waals surface area contributed by atoms with Crippen molar-refractivity contribution < 1.29 is 4.79 Å². The van der Waals surface area contributed by atoms with Crippen LogP contribution in [0.25, 0.3) is 0 Å². The van der Waals surface area contributed by atoms with Crippen LogP contribution in [-0.2, 0) is 4.79 Å². The van der Waals surface area contributed by atoms with Gasteiger partial charge in [0.2, 0.25) is 0 Å². The van der Waals surface area contributed by atoms with E-state index in [1.807, 2.05) is 18.2 Å². The molecule has 0 aliphatic heterocycles. The van der Waals surface area contributed by atoms with Gasteiger partial charge in [0.25, 0.3) is 0 Å². The number of unbranched alkanes of at least 4 members (excludes halogenated alkanes) is 2. The molecule has 0 aromatic heterocycles. The van der Waals surface area contributed by atoms with Crippen molar-refractivity contribution >= 4 is 6.29 Å². The minimum atomic E-state index is 0.772. The maximum Gasteiger partial charge on any atom is 0.142 e. The first-order valence-electron chi connectivity index (χ1n) is 3.79. The van der Waals surface area contributed by atoms with Crippen molar-refractivity contribution in [2.24, 2.45) is 0 Å². The molecule has 0 radical (unpaired) electrons. The molecule has 0 unspecified atom stereocenters. The lowest BCUT2D eigenvalue weighted by atomic mass is 10.2. The first kappa shape index (κ1) is 9.89. The highest BCUT2D eigenvalue weighted by atomic mass is 16.1. The molecule has 1 nitrogen and oxygen atoms in total. The molecule has 0 bridgehead atoms. The molecule has 0 heterocycles. The Labute approximate surface area is 68.1 Å². The zero-order chi connectivity index (χ0) is 8.36. The third-order valence-electron chi connectivity index (χ3n) is 1.22. The van der Waals surface area contributed by atoms with E-state index in [4.69, 9.17) is 0 Å². The second-order valence-corrected chi connectivity index (χ2v) is 2.17. The predicted molar refractivity (Wildman–Crippen MR) is 48.4 cm³/mol. The standard InChI is InChI=1S/C10H14O/c1-2-3-4-5-6-7-8-9-10-11/h2,6-10H,1,3-5H2. The van der Waals surface area contributed by atoms with E-state index in [-0.39, 0.29) is 0 Å². The number of hydrogen-bond donors (Lipinski definition) is 0. The molecule has 0 saturated heterocycles. The van der Waals surface area contributed by atoms with Crippen LogP contribution in [0.15, 0.2) is 37.0 Å². The maximum absolute atomic E-state index is 9.81. The van der Waals surface area contributed by atoms with E-state index in [1.165, 1.54) is 6.08 Å². The first-order chi connectivity index (χ1) is 5.41. The topological polar surface area (TPSA) is 17.1 Å². The Kier molecular flexibility index (Phi) is 7.99. The second kappa shape index (κ2) is 8.89. The second-order valence-electron chi connectivity index (χ2n) is 2.17. The lowest BCUT2D eigenvalue weighted by Crippen LogP contribution is -1.66. The summed E-state index contributed by atoms with van der Waals surface area (Å²) < 4.78 is 0. The molecule has 0 aliphatic rings. The van der Waals surface area contributed by atoms with Crippen LogP contribution in [0.1, 0.15) is 19.3 Å². The first-order valence-corrected chi connectivity index (χ1v) is 3.79. The summed E-state index contributed by atoms with van der Waals surface area (Å²) in [6, 6.07) is 0. The Hall–Kier alpha value is -1.11. The van der Waals surface area contributed by atoms with Gasteiger partial charge in [-0.3, -0.25) is 4.79 Å². The van der Waals surface area contributed by atoms with E-state index in [0.29, 0.717) is 0 Å². The normalized spacial score (nSPS) is 10.9. The molecule has 0 N–H and O–H groups in total. The van der Waals surface area contributed by atoms with Crippen molar-refractivity contribution in [1.82, 2.24) is 0 Å². The van der Waals surface area contributed by atoms with Crippen molar-refractivity contribution in [3.8, 4) is 0 Å². The molecule has 0 aromatic rings. The van der Waals surface area contributed by atoms with Crippen LogP contribution in [0, 0.1) is 0 Å². The summed E-state index contributed by atoms with van der Waals surface area (Å²) >= 11 is 0. The lowest BCUT2D eigenvalue weighted by molar-refractivity contribution is -0.104. The number of carbonyl (C=O) groups is 1. The monoisotopic (exact) mass is 150 g/mol. The van der Waals surface area contributed by atoms with Crippen LogP contribution in [0.5, 0.6) is 0 Å². The van der Waals surface area contributed by atoms with Crippen LogP contribution in [-0.4, -0.2) is 6.29 Å². The lowest BCUT2D eigenvalue weighted by Gasteiger charge is -1.86. The fourth-order valence-electron chi connectivity index (χ4n) is 0.664. The van der Waals surface area contributed by atoms with E-state index in [1.54, 1.807) is 6.08 Å². The van der Waals surface area contributed by atoms with Gasteiger partial charge < -0.3 is 0 Å². The van der Waals surface area contributed by atoms with E-state index >= 15 is 0 Å². The van der Waals surface area contributed by atoms with E-state index in [0.717, 1.165) is 25.5 Å². The highest BCUT2D eigenvalue weighted by Gasteiger charge is 1.76. The van der Waals surface area contributed by atoms with Crippen LogP contribution >= 0.6 is 0 Å². The molecule has 60 valence electrons. The molecule has 0 amide bonds. The summed E-state index contributed by atoms with van der Waals surface area (Å²) in [5.41, 5.74) is 0. The summed E-state index contributed by atoms with van der Waals surface area (Å²) in [6.45, 7) is 3.62. The molecule has 0 aliphatic carbocycles. The van der Waals surface area contributed by atoms with Gasteiger partial charge in [-0.15, -0.1) is 6.58 Å². The summed E-state index contributed by atoms with van der Waals surface area (Å²) in [5, 5.41) is 0. The molecule has 0 aromatic carbocycles. The minimum Gasteiger partial charge on any atom is -0.299 e. The largest absolute Gasteiger partial charge is 0.299 e. The molecule has 11 heavy (non-hydrogen) atoms. The van der Waals surface area contributed by atoms with E-state index < -0.39 is 0 Å². The summed E-state index contributed by atoms with van der Waals surface area (Å²) in [6.07, 6.45) is 13.1. The van der Waals surface area contributed by atoms with Crippen molar-refractivity contribution in [2.45, 2.75) is 19.3 Å². The molecule has 1 heteroatoms. The Bertz CT molecular complexity index is 154. The fourth-order valence-corrected chi connectivity index (χ4v) is 0.664. The average molecular weight is 150 g/mol. The SMILES string of the molecule is C=CCCCC=CC=CC=O. The van der Waals surface area contributed by atoms with Crippen LogP contribution in [0.2, 0.25) is 0 Å². The predicted octanol–water partition coefficient (Wildman–Crippen LogP) is 2.65. The number of rotatable bonds is 6. The zero-order valence-electron chi connectivity index (χ0n) is 6.70. The van der Waals surface area contributed by atoms with Crippen LogP contribution in [0.4, 0.5) is 0 Å². The Balaban J connectivity index is 3.22. The quantitative estimate of drug-likeness (QED) is 0.187. The van der Waals surface area contributed by atoms with Gasteiger partial charge in [0, 0.05) is 0 Å². The smallest absolute Gasteiger partial charge is 0.142 e. The summed E-state index contributed by atoms with van der Waals surface area (Å²) in [4.78, 5) is 9.81. The number of allylic oxidation sites excluding steroid dienone is 5. The third kappa shape index (κ3) is 8.89. The molecular formula is C10H14O. The fraction of sp³-hybridized carbons (Fsp3) is 0.300. The van der Waals surface area contributed by atoms with Gasteiger partial charge in [0.1, 0.15) is 6.29 Å². The van der Waals surface area contributed by atoms with Crippen molar-refractivity contribution in [1.29, 1.82) is 0 Å². The van der Waals surface area contributed by atoms with Crippen molar-refractivity contribution in [2.75, 3.05) is 0 Å². The van der Waals surface area contributed by atoms with Gasteiger partial charge in [-0.1, -0.05) is 24.3 Å². The molecular weight excluding hydrogens is 136 g/mol. The summed E-state index contributed by atoms with van der Waals surface area (Å²) in [5.74, 6) is 0. The van der Waals surface area contributed by atoms with Gasteiger partial charge >= 0.3 is 0 Å². The van der Waals surface area contributed by atoms with Gasteiger partial charge in [0.15, 0.2) is 0 Å². The highest BCUT2D eigenvalue weighted by molar-refractivity contribution is 5.65. The molecule has 0 fully saturated rings. The number of hydrogen-bond acceptors (Lipinski definition) is 1. The molecule has 0 spiro atoms. The Morgan fingerprint density at radius 3 is 2.55 bits per heavy atom. The van der Waals surface area contributed by atoms with Crippen LogP contribution in [0.3, 0.4) is 0 Å². The van der Waals surface area contributed by atoms with Gasteiger partial charge in [-0.2, -0.15) is 0 Å². The minimum absolute atomic E-state index is 0.772. The van der Waals surface area contributed by atoms with Crippen molar-refractivity contribution in [3.63, 3.8) is 0 Å². The van der Waals surface area contributed by atoms with Crippen LogP contribution < -0.4 is 0 Å². The molecule has 0 atom stereocenters. The molecule has 0 rings (SSSR count). The number of carbonyl (C=O) groups excluding carboxylic acids is 1. The Morgan fingerprint density at radius 1 is 1.09 bits per heavy atom. The van der Waals surface area contributed by atoms with Gasteiger partial charge in [0.05, 0.1) is 0 Å². The molecule has 0 saturated carbocycles.